The summed E-state index contributed by atoms with van der Waals surface area (Å²) < 4.78 is 0. The molecule has 0 atom stereocenters. The number of anilines is 2. The number of amides is 1. The predicted molar refractivity (Wildman–Crippen MR) is 77.2 cm³/mol. The Morgan fingerprint density at radius 3 is 2.68 bits per heavy atom. The minimum absolute atomic E-state index is 0.224. The van der Waals surface area contributed by atoms with Gasteiger partial charge in [0.05, 0.1) is 5.69 Å². The molecule has 6 heteroatoms. The fourth-order valence-corrected chi connectivity index (χ4v) is 3.38. The molecule has 1 aromatic heterocycles. The van der Waals surface area contributed by atoms with Crippen LogP contribution in [0.5, 0.6) is 0 Å². The Kier molecular flexibility index (Phi) is 3.96. The first kappa shape index (κ1) is 13.7. The summed E-state index contributed by atoms with van der Waals surface area (Å²) in [5, 5.41) is 10.0. The van der Waals surface area contributed by atoms with Gasteiger partial charge in [-0.05, 0) is 25.7 Å². The van der Waals surface area contributed by atoms with E-state index in [9.17, 15) is 10.1 Å². The number of thiophene rings is 1. The molecule has 1 fully saturated rings. The fraction of sp³-hybridized carbons (Fsp3) is 0.538. The largest absolute Gasteiger partial charge is 0.396 e. The Balaban J connectivity index is 2.33. The van der Waals surface area contributed by atoms with Crippen LogP contribution >= 0.6 is 11.3 Å². The Morgan fingerprint density at radius 1 is 1.58 bits per heavy atom. The minimum Gasteiger partial charge on any atom is -0.396 e. The van der Waals surface area contributed by atoms with Crippen LogP contribution in [0.3, 0.4) is 0 Å². The number of hydrogen-bond acceptors (Lipinski definition) is 5. The highest BCUT2D eigenvalue weighted by Crippen LogP contribution is 2.39. The Hall–Kier alpha value is -1.74. The van der Waals surface area contributed by atoms with Gasteiger partial charge in [0.2, 0.25) is 0 Å². The molecule has 0 aliphatic heterocycles. The Morgan fingerprint density at radius 2 is 2.26 bits per heavy atom. The van der Waals surface area contributed by atoms with Gasteiger partial charge in [-0.1, -0.05) is 6.42 Å². The molecule has 1 aliphatic rings. The summed E-state index contributed by atoms with van der Waals surface area (Å²) in [6, 6.07) is 2.10. The van der Waals surface area contributed by atoms with E-state index in [1.165, 1.54) is 30.6 Å². The van der Waals surface area contributed by atoms with Gasteiger partial charge in [-0.3, -0.25) is 4.79 Å². The molecule has 1 heterocycles. The zero-order valence-electron chi connectivity index (χ0n) is 11.0. The molecule has 4 N–H and O–H groups in total. The van der Waals surface area contributed by atoms with Gasteiger partial charge < -0.3 is 16.4 Å². The van der Waals surface area contributed by atoms with E-state index in [4.69, 9.17) is 11.5 Å². The van der Waals surface area contributed by atoms with Crippen molar-refractivity contribution in [1.82, 2.24) is 0 Å². The van der Waals surface area contributed by atoms with Crippen LogP contribution in [-0.4, -0.2) is 19.0 Å². The van der Waals surface area contributed by atoms with E-state index in [2.05, 4.69) is 11.0 Å². The zero-order chi connectivity index (χ0) is 14.0. The molecule has 0 aromatic carbocycles. The van der Waals surface area contributed by atoms with Crippen molar-refractivity contribution < 1.29 is 4.79 Å². The highest BCUT2D eigenvalue weighted by molar-refractivity contribution is 7.19. The molecular weight excluding hydrogens is 260 g/mol. The molecular formula is C13H18N4OS. The quantitative estimate of drug-likeness (QED) is 0.860. The van der Waals surface area contributed by atoms with Crippen molar-refractivity contribution in [1.29, 1.82) is 5.26 Å². The van der Waals surface area contributed by atoms with Gasteiger partial charge in [0.1, 0.15) is 21.5 Å². The van der Waals surface area contributed by atoms with E-state index in [1.807, 2.05) is 6.92 Å². The van der Waals surface area contributed by atoms with E-state index in [-0.39, 0.29) is 5.69 Å². The molecule has 1 amide bonds. The van der Waals surface area contributed by atoms with Gasteiger partial charge in [0.25, 0.3) is 5.91 Å². The molecule has 0 radical (unpaired) electrons. The maximum Gasteiger partial charge on any atom is 0.261 e. The number of nitriles is 1. The van der Waals surface area contributed by atoms with Gasteiger partial charge in [0.15, 0.2) is 0 Å². The second-order valence-corrected chi connectivity index (χ2v) is 5.84. The lowest BCUT2D eigenvalue weighted by Gasteiger charge is -2.32. The van der Waals surface area contributed by atoms with Crippen LogP contribution in [0.2, 0.25) is 0 Å². The van der Waals surface area contributed by atoms with Gasteiger partial charge in [-0.25, -0.2) is 0 Å². The number of nitrogens with zero attached hydrogens (tertiary/aromatic N) is 2. The summed E-state index contributed by atoms with van der Waals surface area (Å²) in [4.78, 5) is 13.8. The van der Waals surface area contributed by atoms with Crippen molar-refractivity contribution in [3.8, 4) is 6.07 Å². The SMILES string of the molecule is CCN(CC1CCC1)c1sc(C(N)=O)c(N)c1C#N. The van der Waals surface area contributed by atoms with Crippen LogP contribution in [0, 0.1) is 17.2 Å². The molecule has 2 rings (SSSR count). The standard InChI is InChI=1S/C13H18N4OS/c1-2-17(7-8-4-3-5-8)13-9(6-14)10(15)11(19-13)12(16)18/h8H,2-5,7,15H2,1H3,(H2,16,18). The van der Waals surface area contributed by atoms with Crippen molar-refractivity contribution >= 4 is 27.9 Å². The van der Waals surface area contributed by atoms with Crippen molar-refractivity contribution in [3.05, 3.63) is 10.4 Å². The van der Waals surface area contributed by atoms with E-state index in [1.54, 1.807) is 0 Å². The molecule has 5 nitrogen and oxygen atoms in total. The minimum atomic E-state index is -0.565. The van der Waals surface area contributed by atoms with Crippen LogP contribution in [0.25, 0.3) is 0 Å². The second-order valence-electron chi connectivity index (χ2n) is 4.84. The summed E-state index contributed by atoms with van der Waals surface area (Å²) >= 11 is 1.23. The summed E-state index contributed by atoms with van der Waals surface area (Å²) in [5.74, 6) is 0.122. The lowest BCUT2D eigenvalue weighted by Crippen LogP contribution is -2.32. The summed E-state index contributed by atoms with van der Waals surface area (Å²) in [5.41, 5.74) is 11.8. The summed E-state index contributed by atoms with van der Waals surface area (Å²) in [6.07, 6.45) is 3.76. The number of carbonyl (C=O) groups is 1. The Bertz CT molecular complexity index is 527. The molecule has 1 aliphatic carbocycles. The first-order chi connectivity index (χ1) is 9.08. The number of rotatable bonds is 5. The maximum absolute atomic E-state index is 11.3. The van der Waals surface area contributed by atoms with Crippen molar-refractivity contribution in [2.75, 3.05) is 23.7 Å². The second kappa shape index (κ2) is 5.49. The molecule has 102 valence electrons. The zero-order valence-corrected chi connectivity index (χ0v) is 11.8. The normalized spacial score (nSPS) is 14.7. The van der Waals surface area contributed by atoms with Crippen LogP contribution < -0.4 is 16.4 Å². The maximum atomic E-state index is 11.3. The molecule has 0 spiro atoms. The average Bonchev–Trinajstić information content (AvgIpc) is 2.65. The molecule has 19 heavy (non-hydrogen) atoms. The smallest absolute Gasteiger partial charge is 0.261 e. The van der Waals surface area contributed by atoms with E-state index < -0.39 is 5.91 Å². The lowest BCUT2D eigenvalue weighted by molar-refractivity contribution is 0.100. The van der Waals surface area contributed by atoms with Gasteiger partial charge in [-0.2, -0.15) is 5.26 Å². The number of nitrogens with two attached hydrogens (primary N) is 2. The third-order valence-corrected chi connectivity index (χ3v) is 4.92. The third-order valence-electron chi connectivity index (χ3n) is 3.63. The summed E-state index contributed by atoms with van der Waals surface area (Å²) in [7, 11) is 0. The average molecular weight is 278 g/mol. The lowest BCUT2D eigenvalue weighted by atomic mass is 9.85. The van der Waals surface area contributed by atoms with E-state index >= 15 is 0 Å². The van der Waals surface area contributed by atoms with E-state index in [0.29, 0.717) is 16.4 Å². The third kappa shape index (κ3) is 2.51. The first-order valence-corrected chi connectivity index (χ1v) is 7.27. The van der Waals surface area contributed by atoms with Crippen molar-refractivity contribution in [2.45, 2.75) is 26.2 Å². The molecule has 0 bridgehead atoms. The highest BCUT2D eigenvalue weighted by atomic mass is 32.1. The number of nitrogen functional groups attached to an aromatic ring is 1. The van der Waals surface area contributed by atoms with Crippen LogP contribution in [0.4, 0.5) is 10.7 Å². The monoisotopic (exact) mass is 278 g/mol. The van der Waals surface area contributed by atoms with E-state index in [0.717, 1.165) is 18.1 Å². The Labute approximate surface area is 116 Å². The van der Waals surface area contributed by atoms with Crippen LogP contribution in [-0.2, 0) is 0 Å². The molecule has 1 saturated carbocycles. The summed E-state index contributed by atoms with van der Waals surface area (Å²) in [6.45, 7) is 3.76. The highest BCUT2D eigenvalue weighted by Gasteiger charge is 2.26. The van der Waals surface area contributed by atoms with Crippen LogP contribution in [0.1, 0.15) is 41.4 Å². The van der Waals surface area contributed by atoms with Crippen molar-refractivity contribution in [2.24, 2.45) is 11.7 Å². The predicted octanol–water partition coefficient (Wildman–Crippen LogP) is 1.93. The number of carbonyl (C=O) groups excluding carboxylic acids is 1. The number of hydrogen-bond donors (Lipinski definition) is 2. The van der Waals surface area contributed by atoms with Gasteiger partial charge >= 0.3 is 0 Å². The fourth-order valence-electron chi connectivity index (χ4n) is 2.29. The molecule has 1 aromatic rings. The van der Waals surface area contributed by atoms with Crippen molar-refractivity contribution in [3.63, 3.8) is 0 Å². The van der Waals surface area contributed by atoms with Gasteiger partial charge in [-0.15, -0.1) is 11.3 Å². The first-order valence-electron chi connectivity index (χ1n) is 6.45. The van der Waals surface area contributed by atoms with Gasteiger partial charge in [0, 0.05) is 13.1 Å². The molecule has 0 unspecified atom stereocenters. The van der Waals surface area contributed by atoms with Crippen LogP contribution in [0.15, 0.2) is 0 Å². The molecule has 0 saturated heterocycles. The topological polar surface area (TPSA) is 96.1 Å². The number of primary amides is 1.